The first-order chi connectivity index (χ1) is 4.06. The Hall–Kier alpha value is -0.530. The molecule has 0 spiro atoms. The molecule has 2 nitrogen and oxygen atoms in total. The van der Waals surface area contributed by atoms with Crippen LogP contribution in [-0.2, 0) is 0 Å². The molecule has 0 heterocycles. The van der Waals surface area contributed by atoms with Crippen molar-refractivity contribution in [2.24, 2.45) is 0 Å². The highest BCUT2D eigenvalue weighted by Crippen LogP contribution is 2.16. The van der Waals surface area contributed by atoms with Crippen LogP contribution in [0.1, 0.15) is 33.6 Å². The van der Waals surface area contributed by atoms with Crippen molar-refractivity contribution in [1.82, 2.24) is 0 Å². The summed E-state index contributed by atoms with van der Waals surface area (Å²) in [5.41, 5.74) is -0.250. The van der Waals surface area contributed by atoms with Gasteiger partial charge in [-0.25, -0.2) is 4.74 Å². The molecule has 0 rings (SSSR count). The first kappa shape index (κ1) is 8.47. The van der Waals surface area contributed by atoms with E-state index in [2.05, 4.69) is 6.72 Å². The van der Waals surface area contributed by atoms with Gasteiger partial charge in [-0.2, -0.15) is 0 Å². The summed E-state index contributed by atoms with van der Waals surface area (Å²) in [6.07, 6.45) is 1.72. The molecule has 0 fully saturated rings. The molecule has 0 atom stereocenters. The molecule has 0 aromatic rings. The van der Waals surface area contributed by atoms with Gasteiger partial charge in [-0.15, -0.1) is 0 Å². The third-order valence-electron chi connectivity index (χ3n) is 2.13. The van der Waals surface area contributed by atoms with Crippen LogP contribution in [0.3, 0.4) is 0 Å². The maximum absolute atomic E-state index is 10.7. The smallest absolute Gasteiger partial charge is 0.169 e. The van der Waals surface area contributed by atoms with E-state index >= 15 is 0 Å². The molecule has 0 unspecified atom stereocenters. The van der Waals surface area contributed by atoms with Crippen LogP contribution < -0.4 is 0 Å². The van der Waals surface area contributed by atoms with E-state index in [1.807, 2.05) is 20.8 Å². The number of hydroxylamine groups is 1. The maximum atomic E-state index is 10.7. The summed E-state index contributed by atoms with van der Waals surface area (Å²) >= 11 is 0. The molecule has 0 aliphatic carbocycles. The third kappa shape index (κ3) is 1.70. The lowest BCUT2D eigenvalue weighted by Crippen LogP contribution is -2.33. The van der Waals surface area contributed by atoms with Gasteiger partial charge in [0.1, 0.15) is 6.72 Å². The number of nitrogens with zero attached hydrogens (tertiary/aromatic N) is 1. The van der Waals surface area contributed by atoms with E-state index in [1.165, 1.54) is 0 Å². The summed E-state index contributed by atoms with van der Waals surface area (Å²) in [6, 6.07) is 0. The molecule has 0 N–H and O–H groups in total. The Morgan fingerprint density at radius 3 is 1.78 bits per heavy atom. The highest BCUT2D eigenvalue weighted by Gasteiger charge is 2.25. The van der Waals surface area contributed by atoms with Crippen LogP contribution in [0.15, 0.2) is 0 Å². The summed E-state index contributed by atoms with van der Waals surface area (Å²) in [5.74, 6) is 0. The van der Waals surface area contributed by atoms with Crippen molar-refractivity contribution in [2.75, 3.05) is 0 Å². The van der Waals surface area contributed by atoms with Crippen LogP contribution in [0.4, 0.5) is 0 Å². The van der Waals surface area contributed by atoms with Crippen molar-refractivity contribution in [3.05, 3.63) is 5.21 Å². The number of hydrogen-bond donors (Lipinski definition) is 0. The molecule has 54 valence electrons. The van der Waals surface area contributed by atoms with Crippen molar-refractivity contribution < 1.29 is 4.74 Å². The minimum atomic E-state index is -0.250. The Kier molecular flexibility index (Phi) is 2.68. The fraction of sp³-hybridized carbons (Fsp3) is 0.857. The Morgan fingerprint density at radius 2 is 1.78 bits per heavy atom. The van der Waals surface area contributed by atoms with Crippen LogP contribution >= 0.6 is 0 Å². The fourth-order valence-corrected chi connectivity index (χ4v) is 0.603. The van der Waals surface area contributed by atoms with Crippen molar-refractivity contribution in [3.8, 4) is 0 Å². The molecule has 0 aliphatic rings. The average molecular weight is 129 g/mol. The standard InChI is InChI=1S/C7H15NO/c1-5-7(3,6-2)8(4)9/h4-6H2,1-3H3. The van der Waals surface area contributed by atoms with Gasteiger partial charge in [0.25, 0.3) is 0 Å². The molecule has 0 aliphatic heterocycles. The van der Waals surface area contributed by atoms with E-state index < -0.39 is 0 Å². The normalized spacial score (nSPS) is 11.4. The maximum Gasteiger partial charge on any atom is 0.169 e. The topological polar surface area (TPSA) is 26.1 Å². The predicted octanol–water partition coefficient (Wildman–Crippen LogP) is 1.78. The van der Waals surface area contributed by atoms with Gasteiger partial charge in [0, 0.05) is 19.8 Å². The monoisotopic (exact) mass is 129 g/mol. The van der Waals surface area contributed by atoms with Crippen LogP contribution in [0.2, 0.25) is 0 Å². The van der Waals surface area contributed by atoms with Crippen molar-refractivity contribution in [2.45, 2.75) is 39.2 Å². The number of rotatable bonds is 3. The second-order valence-electron chi connectivity index (χ2n) is 2.58. The van der Waals surface area contributed by atoms with Crippen LogP contribution in [0.25, 0.3) is 0 Å². The second kappa shape index (κ2) is 2.85. The second-order valence-corrected chi connectivity index (χ2v) is 2.58. The molecular formula is C7H15NO. The average Bonchev–Trinajstić information content (AvgIpc) is 1.86. The Balaban J connectivity index is 4.09. The first-order valence-corrected chi connectivity index (χ1v) is 3.34. The molecule has 0 saturated heterocycles. The highest BCUT2D eigenvalue weighted by molar-refractivity contribution is 5.15. The molecule has 0 radical (unpaired) electrons. The molecule has 0 amide bonds. The summed E-state index contributed by atoms with van der Waals surface area (Å²) in [5, 5.41) is 10.7. The van der Waals surface area contributed by atoms with Gasteiger partial charge in [0.2, 0.25) is 0 Å². The van der Waals surface area contributed by atoms with E-state index in [1.54, 1.807) is 0 Å². The van der Waals surface area contributed by atoms with Gasteiger partial charge in [-0.3, -0.25) is 0 Å². The Morgan fingerprint density at radius 1 is 1.44 bits per heavy atom. The van der Waals surface area contributed by atoms with E-state index in [0.717, 1.165) is 17.6 Å². The summed E-state index contributed by atoms with van der Waals surface area (Å²) < 4.78 is 0.799. The molecule has 0 aromatic heterocycles. The molecule has 2 heteroatoms. The Labute approximate surface area is 56.8 Å². The SMILES string of the molecule is C=[N+]([O-])C(C)(CC)CC. The summed E-state index contributed by atoms with van der Waals surface area (Å²) in [6.45, 7) is 9.25. The fourth-order valence-electron chi connectivity index (χ4n) is 0.603. The van der Waals surface area contributed by atoms with Crippen LogP contribution in [0, 0.1) is 5.21 Å². The summed E-state index contributed by atoms with van der Waals surface area (Å²) in [7, 11) is 0. The molecule has 0 bridgehead atoms. The quantitative estimate of drug-likeness (QED) is 0.247. The van der Waals surface area contributed by atoms with Gasteiger partial charge in [-0.05, 0) is 0 Å². The molecule has 9 heavy (non-hydrogen) atoms. The van der Waals surface area contributed by atoms with E-state index in [0.29, 0.717) is 0 Å². The number of hydrogen-bond acceptors (Lipinski definition) is 1. The van der Waals surface area contributed by atoms with Gasteiger partial charge in [0.15, 0.2) is 5.54 Å². The van der Waals surface area contributed by atoms with Gasteiger partial charge < -0.3 is 5.21 Å². The van der Waals surface area contributed by atoms with Crippen molar-refractivity contribution in [3.63, 3.8) is 0 Å². The predicted molar refractivity (Wildman–Crippen MR) is 39.7 cm³/mol. The lowest BCUT2D eigenvalue weighted by Gasteiger charge is -2.24. The minimum Gasteiger partial charge on any atom is -0.624 e. The minimum absolute atomic E-state index is 0.250. The largest absolute Gasteiger partial charge is 0.624 e. The van der Waals surface area contributed by atoms with E-state index in [-0.39, 0.29) is 5.54 Å². The van der Waals surface area contributed by atoms with Crippen LogP contribution in [0.5, 0.6) is 0 Å². The van der Waals surface area contributed by atoms with E-state index in [4.69, 9.17) is 0 Å². The van der Waals surface area contributed by atoms with Gasteiger partial charge in [-0.1, -0.05) is 13.8 Å². The first-order valence-electron chi connectivity index (χ1n) is 3.34. The zero-order valence-electron chi connectivity index (χ0n) is 6.48. The molecular weight excluding hydrogens is 114 g/mol. The highest BCUT2D eigenvalue weighted by atomic mass is 16.5. The Bertz CT molecular complexity index is 105. The molecule has 0 saturated carbocycles. The zero-order valence-corrected chi connectivity index (χ0v) is 6.48. The third-order valence-corrected chi connectivity index (χ3v) is 2.13. The van der Waals surface area contributed by atoms with Gasteiger partial charge >= 0.3 is 0 Å². The van der Waals surface area contributed by atoms with Crippen molar-refractivity contribution >= 4 is 6.72 Å². The lowest BCUT2D eigenvalue weighted by atomic mass is 9.97. The van der Waals surface area contributed by atoms with Crippen LogP contribution in [-0.4, -0.2) is 17.0 Å². The van der Waals surface area contributed by atoms with Gasteiger partial charge in [0.05, 0.1) is 0 Å². The molecule has 0 aromatic carbocycles. The summed E-state index contributed by atoms with van der Waals surface area (Å²) in [4.78, 5) is 0. The lowest BCUT2D eigenvalue weighted by molar-refractivity contribution is -0.539. The van der Waals surface area contributed by atoms with Crippen molar-refractivity contribution in [1.29, 1.82) is 0 Å². The zero-order chi connectivity index (χ0) is 7.49. The van der Waals surface area contributed by atoms with E-state index in [9.17, 15) is 5.21 Å².